The summed E-state index contributed by atoms with van der Waals surface area (Å²) in [4.78, 5) is 0. The highest BCUT2D eigenvalue weighted by Gasteiger charge is 2.18. The zero-order chi connectivity index (χ0) is 14.4. The second-order valence-corrected chi connectivity index (χ2v) is 4.63. The number of ether oxygens (including phenoxy) is 3. The Labute approximate surface area is 114 Å². The molecule has 1 aromatic rings. The Balaban J connectivity index is 3.10. The molecule has 0 radical (unpaired) electrons. The summed E-state index contributed by atoms with van der Waals surface area (Å²) in [6, 6.07) is 3.51. The Kier molecular flexibility index (Phi) is 5.92. The van der Waals surface area contributed by atoms with E-state index in [-0.39, 0.29) is 6.04 Å². The molecule has 0 fully saturated rings. The minimum Gasteiger partial charge on any atom is -0.496 e. The van der Waals surface area contributed by atoms with E-state index in [1.54, 1.807) is 27.4 Å². The lowest BCUT2D eigenvalue weighted by atomic mass is 9.95. The molecule has 2 atom stereocenters. The molecule has 5 heteroatoms. The van der Waals surface area contributed by atoms with Crippen molar-refractivity contribution in [3.8, 4) is 17.2 Å². The van der Waals surface area contributed by atoms with Crippen LogP contribution in [0.15, 0.2) is 12.1 Å². The van der Waals surface area contributed by atoms with E-state index in [1.165, 1.54) is 0 Å². The summed E-state index contributed by atoms with van der Waals surface area (Å²) in [5, 5.41) is 0. The molecule has 5 nitrogen and oxygen atoms in total. The third kappa shape index (κ3) is 3.75. The summed E-state index contributed by atoms with van der Waals surface area (Å²) >= 11 is 0. The first-order valence-electron chi connectivity index (χ1n) is 6.32. The highest BCUT2D eigenvalue weighted by Crippen LogP contribution is 2.38. The zero-order valence-electron chi connectivity index (χ0n) is 12.1. The molecular formula is C14H24N2O3. The number of rotatable bonds is 7. The first-order chi connectivity index (χ1) is 9.07. The van der Waals surface area contributed by atoms with E-state index in [0.29, 0.717) is 29.7 Å². The molecule has 2 unspecified atom stereocenters. The fourth-order valence-electron chi connectivity index (χ4n) is 2.00. The van der Waals surface area contributed by atoms with Crippen LogP contribution in [0.2, 0.25) is 0 Å². The van der Waals surface area contributed by atoms with Gasteiger partial charge in [-0.2, -0.15) is 0 Å². The van der Waals surface area contributed by atoms with Crippen LogP contribution in [0, 0.1) is 5.92 Å². The quantitative estimate of drug-likeness (QED) is 0.786. The minimum atomic E-state index is -0.145. The lowest BCUT2D eigenvalue weighted by Gasteiger charge is -2.20. The maximum Gasteiger partial charge on any atom is 0.164 e. The zero-order valence-corrected chi connectivity index (χ0v) is 12.1. The highest BCUT2D eigenvalue weighted by atomic mass is 16.5. The fraction of sp³-hybridized carbons (Fsp3) is 0.571. The molecule has 0 aliphatic heterocycles. The minimum absolute atomic E-state index is 0.145. The number of hydrogen-bond donors (Lipinski definition) is 2. The number of benzene rings is 1. The largest absolute Gasteiger partial charge is 0.496 e. The van der Waals surface area contributed by atoms with Gasteiger partial charge in [0.15, 0.2) is 11.5 Å². The van der Waals surface area contributed by atoms with Crippen LogP contribution in [0.5, 0.6) is 17.2 Å². The van der Waals surface area contributed by atoms with Crippen LogP contribution in [0.25, 0.3) is 0 Å². The van der Waals surface area contributed by atoms with E-state index >= 15 is 0 Å². The number of nitrogens with two attached hydrogens (primary N) is 2. The summed E-state index contributed by atoms with van der Waals surface area (Å²) in [5.74, 6) is 2.33. The van der Waals surface area contributed by atoms with Gasteiger partial charge in [-0.25, -0.2) is 0 Å². The van der Waals surface area contributed by atoms with Crippen LogP contribution in [-0.4, -0.2) is 27.9 Å². The van der Waals surface area contributed by atoms with Crippen molar-refractivity contribution < 1.29 is 14.2 Å². The first kappa shape index (κ1) is 15.6. The average Bonchev–Trinajstić information content (AvgIpc) is 2.45. The highest BCUT2D eigenvalue weighted by molar-refractivity contribution is 5.51. The van der Waals surface area contributed by atoms with Gasteiger partial charge >= 0.3 is 0 Å². The predicted molar refractivity (Wildman–Crippen MR) is 75.9 cm³/mol. The van der Waals surface area contributed by atoms with Crippen molar-refractivity contribution in [3.05, 3.63) is 17.7 Å². The summed E-state index contributed by atoms with van der Waals surface area (Å²) in [7, 11) is 4.80. The normalized spacial score (nSPS) is 13.8. The molecule has 0 aromatic heterocycles. The monoisotopic (exact) mass is 268 g/mol. The third-order valence-electron chi connectivity index (χ3n) is 3.19. The molecule has 0 saturated heterocycles. The molecule has 108 valence electrons. The van der Waals surface area contributed by atoms with E-state index in [1.807, 2.05) is 6.07 Å². The Morgan fingerprint density at radius 2 is 1.53 bits per heavy atom. The maximum atomic E-state index is 6.23. The third-order valence-corrected chi connectivity index (χ3v) is 3.19. The van der Waals surface area contributed by atoms with Crippen LogP contribution in [-0.2, 0) is 0 Å². The number of hydrogen-bond acceptors (Lipinski definition) is 5. The Hall–Kier alpha value is -1.46. The van der Waals surface area contributed by atoms with Gasteiger partial charge in [-0.15, -0.1) is 0 Å². The van der Waals surface area contributed by atoms with Crippen LogP contribution < -0.4 is 25.7 Å². The molecule has 0 aliphatic carbocycles. The lowest BCUT2D eigenvalue weighted by molar-refractivity contribution is 0.345. The molecule has 0 spiro atoms. The second-order valence-electron chi connectivity index (χ2n) is 4.63. The molecule has 0 heterocycles. The molecule has 0 aliphatic rings. The van der Waals surface area contributed by atoms with Crippen LogP contribution in [0.4, 0.5) is 0 Å². The van der Waals surface area contributed by atoms with Crippen molar-refractivity contribution in [2.45, 2.75) is 19.4 Å². The molecule has 4 N–H and O–H groups in total. The molecule has 0 bridgehead atoms. The summed E-state index contributed by atoms with van der Waals surface area (Å²) < 4.78 is 15.9. The van der Waals surface area contributed by atoms with Gasteiger partial charge < -0.3 is 25.7 Å². The average molecular weight is 268 g/mol. The number of methoxy groups -OCH3 is 3. The lowest BCUT2D eigenvalue weighted by Crippen LogP contribution is -2.20. The molecule has 19 heavy (non-hydrogen) atoms. The molecular weight excluding hydrogens is 244 g/mol. The van der Waals surface area contributed by atoms with Gasteiger partial charge in [-0.3, -0.25) is 0 Å². The van der Waals surface area contributed by atoms with Crippen LogP contribution in [0.3, 0.4) is 0 Å². The molecule has 0 saturated carbocycles. The Morgan fingerprint density at radius 1 is 1.00 bits per heavy atom. The van der Waals surface area contributed by atoms with Crippen molar-refractivity contribution in [2.24, 2.45) is 17.4 Å². The molecule has 0 amide bonds. The van der Waals surface area contributed by atoms with E-state index in [4.69, 9.17) is 25.7 Å². The van der Waals surface area contributed by atoms with Gasteiger partial charge in [0.25, 0.3) is 0 Å². The van der Waals surface area contributed by atoms with Crippen molar-refractivity contribution in [1.29, 1.82) is 0 Å². The first-order valence-corrected chi connectivity index (χ1v) is 6.32. The van der Waals surface area contributed by atoms with E-state index in [9.17, 15) is 0 Å². The summed E-state index contributed by atoms with van der Waals surface area (Å²) in [6.07, 6.45) is 0.794. The topological polar surface area (TPSA) is 79.7 Å². The second kappa shape index (κ2) is 7.21. The van der Waals surface area contributed by atoms with Gasteiger partial charge in [-0.1, -0.05) is 6.92 Å². The molecule has 1 rings (SSSR count). The van der Waals surface area contributed by atoms with Gasteiger partial charge in [0, 0.05) is 17.7 Å². The Morgan fingerprint density at radius 3 is 2.00 bits per heavy atom. The van der Waals surface area contributed by atoms with Crippen LogP contribution >= 0.6 is 0 Å². The van der Waals surface area contributed by atoms with Gasteiger partial charge in [0.1, 0.15) is 5.75 Å². The Bertz CT molecular complexity index is 410. The van der Waals surface area contributed by atoms with Gasteiger partial charge in [0.05, 0.1) is 21.3 Å². The van der Waals surface area contributed by atoms with Gasteiger partial charge in [0.2, 0.25) is 0 Å². The van der Waals surface area contributed by atoms with E-state index in [2.05, 4.69) is 6.92 Å². The van der Waals surface area contributed by atoms with Crippen molar-refractivity contribution in [2.75, 3.05) is 27.9 Å². The SMILES string of the molecule is COc1cc(OC)c(C(N)CC(C)CN)cc1OC. The van der Waals surface area contributed by atoms with Crippen molar-refractivity contribution >= 4 is 0 Å². The van der Waals surface area contributed by atoms with Gasteiger partial charge in [-0.05, 0) is 24.9 Å². The van der Waals surface area contributed by atoms with Crippen molar-refractivity contribution in [1.82, 2.24) is 0 Å². The van der Waals surface area contributed by atoms with Crippen LogP contribution in [0.1, 0.15) is 24.9 Å². The fourth-order valence-corrected chi connectivity index (χ4v) is 2.00. The predicted octanol–water partition coefficient (Wildman–Crippen LogP) is 1.70. The molecule has 1 aromatic carbocycles. The smallest absolute Gasteiger partial charge is 0.164 e. The standard InChI is InChI=1S/C14H24N2O3/c1-9(8-15)5-11(16)10-6-13(18-3)14(19-4)7-12(10)17-2/h6-7,9,11H,5,8,15-16H2,1-4H3. The van der Waals surface area contributed by atoms with E-state index < -0.39 is 0 Å². The maximum absolute atomic E-state index is 6.23. The summed E-state index contributed by atoms with van der Waals surface area (Å²) in [5.41, 5.74) is 12.8. The van der Waals surface area contributed by atoms with E-state index in [0.717, 1.165) is 12.0 Å². The van der Waals surface area contributed by atoms with Crippen molar-refractivity contribution in [3.63, 3.8) is 0 Å². The summed E-state index contributed by atoms with van der Waals surface area (Å²) in [6.45, 7) is 2.69.